The monoisotopic (exact) mass is 396 g/mol. The van der Waals surface area contributed by atoms with E-state index in [1.165, 1.54) is 0 Å². The van der Waals surface area contributed by atoms with E-state index >= 15 is 0 Å². The summed E-state index contributed by atoms with van der Waals surface area (Å²) in [6.07, 6.45) is 0. The van der Waals surface area contributed by atoms with E-state index in [0.29, 0.717) is 22.8 Å². The Morgan fingerprint density at radius 1 is 1.03 bits per heavy atom. The number of methoxy groups -OCH3 is 1. The first-order valence-corrected chi connectivity index (χ1v) is 9.33. The van der Waals surface area contributed by atoms with Gasteiger partial charge in [0.25, 0.3) is 0 Å². The molecule has 2 aromatic rings. The summed E-state index contributed by atoms with van der Waals surface area (Å²) < 4.78 is 16.2. The lowest BCUT2D eigenvalue weighted by Gasteiger charge is -2.29. The Kier molecular flexibility index (Phi) is 6.39. The molecular weight excluding hydrogens is 372 g/mol. The summed E-state index contributed by atoms with van der Waals surface area (Å²) in [4.78, 5) is 25.0. The van der Waals surface area contributed by atoms with Crippen molar-refractivity contribution in [3.8, 4) is 11.5 Å². The highest BCUT2D eigenvalue weighted by Crippen LogP contribution is 2.29. The molecule has 7 heteroatoms. The van der Waals surface area contributed by atoms with Gasteiger partial charge in [-0.05, 0) is 43.7 Å². The SMILES string of the molecule is CCOC(=O)C1=C(COc2ccc(C)cc2)NC(=O)N[C@H]1c1ccc(OC)cc1. The first-order chi connectivity index (χ1) is 14.0. The molecule has 7 nitrogen and oxygen atoms in total. The number of urea groups is 1. The molecule has 0 fully saturated rings. The number of nitrogens with one attached hydrogen (secondary N) is 2. The van der Waals surface area contributed by atoms with E-state index in [-0.39, 0.29) is 13.2 Å². The third-order valence-electron chi connectivity index (χ3n) is 4.50. The summed E-state index contributed by atoms with van der Waals surface area (Å²) in [5.74, 6) is 0.807. The van der Waals surface area contributed by atoms with Gasteiger partial charge < -0.3 is 24.8 Å². The Hall–Kier alpha value is -3.48. The molecule has 1 aliphatic heterocycles. The zero-order valence-electron chi connectivity index (χ0n) is 16.7. The van der Waals surface area contributed by atoms with Crippen molar-refractivity contribution in [3.63, 3.8) is 0 Å². The molecule has 0 bridgehead atoms. The van der Waals surface area contributed by atoms with E-state index < -0.39 is 18.0 Å². The van der Waals surface area contributed by atoms with Gasteiger partial charge in [-0.3, -0.25) is 0 Å². The fourth-order valence-electron chi connectivity index (χ4n) is 3.02. The van der Waals surface area contributed by atoms with Crippen molar-refractivity contribution in [2.24, 2.45) is 0 Å². The van der Waals surface area contributed by atoms with Gasteiger partial charge in [-0.1, -0.05) is 29.8 Å². The number of aryl methyl sites for hydroxylation is 1. The Bertz CT molecular complexity index is 904. The van der Waals surface area contributed by atoms with Gasteiger partial charge in [0.2, 0.25) is 0 Å². The average Bonchev–Trinajstić information content (AvgIpc) is 2.73. The van der Waals surface area contributed by atoms with Crippen LogP contribution in [0.1, 0.15) is 24.1 Å². The number of carbonyl (C=O) groups is 2. The maximum absolute atomic E-state index is 12.7. The van der Waals surface area contributed by atoms with E-state index in [4.69, 9.17) is 14.2 Å². The van der Waals surface area contributed by atoms with E-state index in [1.807, 2.05) is 31.2 Å². The molecule has 0 unspecified atom stereocenters. The van der Waals surface area contributed by atoms with E-state index in [9.17, 15) is 9.59 Å². The molecular formula is C22H24N2O5. The van der Waals surface area contributed by atoms with Gasteiger partial charge in [-0.2, -0.15) is 0 Å². The van der Waals surface area contributed by atoms with Crippen LogP contribution in [0, 0.1) is 6.92 Å². The lowest BCUT2D eigenvalue weighted by Crippen LogP contribution is -2.47. The predicted octanol–water partition coefficient (Wildman–Crippen LogP) is 3.25. The summed E-state index contributed by atoms with van der Waals surface area (Å²) in [6.45, 7) is 3.96. The van der Waals surface area contributed by atoms with Crippen molar-refractivity contribution in [2.45, 2.75) is 19.9 Å². The number of benzene rings is 2. The maximum Gasteiger partial charge on any atom is 0.338 e. The molecule has 2 N–H and O–H groups in total. The van der Waals surface area contributed by atoms with Crippen molar-refractivity contribution in [1.29, 1.82) is 0 Å². The quantitative estimate of drug-likeness (QED) is 0.702. The second-order valence-corrected chi connectivity index (χ2v) is 6.52. The number of amides is 2. The molecule has 0 saturated carbocycles. The van der Waals surface area contributed by atoms with Gasteiger partial charge in [-0.25, -0.2) is 9.59 Å². The number of ether oxygens (including phenoxy) is 3. The molecule has 0 aromatic heterocycles. The molecule has 3 rings (SSSR count). The minimum Gasteiger partial charge on any atom is -0.497 e. The van der Waals surface area contributed by atoms with Crippen LogP contribution in [-0.2, 0) is 9.53 Å². The summed E-state index contributed by atoms with van der Waals surface area (Å²) >= 11 is 0. The zero-order valence-corrected chi connectivity index (χ0v) is 16.7. The summed E-state index contributed by atoms with van der Waals surface area (Å²) in [5, 5.41) is 5.48. The molecule has 152 valence electrons. The van der Waals surface area contributed by atoms with E-state index in [1.54, 1.807) is 38.3 Å². The zero-order chi connectivity index (χ0) is 20.8. The molecule has 1 aliphatic rings. The van der Waals surface area contributed by atoms with Crippen LogP contribution in [-0.4, -0.2) is 32.3 Å². The Labute approximate surface area is 169 Å². The normalized spacial score (nSPS) is 16.0. The van der Waals surface area contributed by atoms with Gasteiger partial charge in [0, 0.05) is 0 Å². The minimum absolute atomic E-state index is 0.0251. The van der Waals surface area contributed by atoms with Crippen molar-refractivity contribution >= 4 is 12.0 Å². The summed E-state index contributed by atoms with van der Waals surface area (Å²) in [5.41, 5.74) is 2.52. The maximum atomic E-state index is 12.7. The predicted molar refractivity (Wildman–Crippen MR) is 108 cm³/mol. The highest BCUT2D eigenvalue weighted by Gasteiger charge is 2.34. The van der Waals surface area contributed by atoms with Crippen LogP contribution >= 0.6 is 0 Å². The Morgan fingerprint density at radius 2 is 1.69 bits per heavy atom. The first-order valence-electron chi connectivity index (χ1n) is 9.33. The fraction of sp³-hybridized carbons (Fsp3) is 0.273. The first kappa shape index (κ1) is 20.3. The number of hydrogen-bond donors (Lipinski definition) is 2. The van der Waals surface area contributed by atoms with E-state index in [0.717, 1.165) is 11.1 Å². The van der Waals surface area contributed by atoms with E-state index in [2.05, 4.69) is 10.6 Å². The molecule has 1 atom stereocenters. The average molecular weight is 396 g/mol. The third-order valence-corrected chi connectivity index (χ3v) is 4.50. The van der Waals surface area contributed by atoms with Crippen LogP contribution in [0.15, 0.2) is 59.8 Å². The smallest absolute Gasteiger partial charge is 0.338 e. The van der Waals surface area contributed by atoms with Gasteiger partial charge in [0.05, 0.1) is 31.0 Å². The van der Waals surface area contributed by atoms with Crippen molar-refractivity contribution < 1.29 is 23.8 Å². The topological polar surface area (TPSA) is 85.9 Å². The van der Waals surface area contributed by atoms with Crippen molar-refractivity contribution in [2.75, 3.05) is 20.3 Å². The van der Waals surface area contributed by atoms with Gasteiger partial charge in [0.15, 0.2) is 0 Å². The van der Waals surface area contributed by atoms with Crippen LogP contribution in [0.2, 0.25) is 0 Å². The van der Waals surface area contributed by atoms with Crippen LogP contribution in [0.5, 0.6) is 11.5 Å². The third kappa shape index (κ3) is 4.87. The molecule has 1 heterocycles. The molecule has 2 amide bonds. The highest BCUT2D eigenvalue weighted by molar-refractivity contribution is 5.95. The number of esters is 1. The summed E-state index contributed by atoms with van der Waals surface area (Å²) in [6, 6.07) is 13.6. The van der Waals surface area contributed by atoms with Crippen molar-refractivity contribution in [1.82, 2.24) is 10.6 Å². The molecule has 0 aliphatic carbocycles. The molecule has 0 saturated heterocycles. The van der Waals surface area contributed by atoms with Gasteiger partial charge >= 0.3 is 12.0 Å². The van der Waals surface area contributed by atoms with Gasteiger partial charge in [0.1, 0.15) is 18.1 Å². The number of hydrogen-bond acceptors (Lipinski definition) is 5. The largest absolute Gasteiger partial charge is 0.497 e. The highest BCUT2D eigenvalue weighted by atomic mass is 16.5. The molecule has 0 radical (unpaired) electrons. The minimum atomic E-state index is -0.662. The fourth-order valence-corrected chi connectivity index (χ4v) is 3.02. The van der Waals surface area contributed by atoms with Crippen molar-refractivity contribution in [3.05, 3.63) is 70.9 Å². The summed E-state index contributed by atoms with van der Waals surface area (Å²) in [7, 11) is 1.58. The van der Waals surface area contributed by atoms with Gasteiger partial charge in [-0.15, -0.1) is 0 Å². The van der Waals surface area contributed by atoms with Crippen LogP contribution < -0.4 is 20.1 Å². The Balaban J connectivity index is 1.94. The number of rotatable bonds is 7. The lowest BCUT2D eigenvalue weighted by atomic mass is 9.95. The molecule has 2 aromatic carbocycles. The standard InChI is InChI=1S/C22H24N2O5/c1-4-28-21(25)19-18(13-29-17-9-5-14(2)6-10-17)23-22(26)24-20(19)15-7-11-16(27-3)12-8-15/h5-12,20H,4,13H2,1-3H3,(H2,23,24,26)/t20-/m0/s1. The lowest BCUT2D eigenvalue weighted by molar-refractivity contribution is -0.139. The second-order valence-electron chi connectivity index (χ2n) is 6.52. The van der Waals surface area contributed by atoms with Crippen LogP contribution in [0.25, 0.3) is 0 Å². The second kappa shape index (κ2) is 9.14. The molecule has 29 heavy (non-hydrogen) atoms. The number of carbonyl (C=O) groups excluding carboxylic acids is 2. The van der Waals surface area contributed by atoms with Crippen LogP contribution in [0.4, 0.5) is 4.79 Å². The Morgan fingerprint density at radius 3 is 2.31 bits per heavy atom. The van der Waals surface area contributed by atoms with Crippen LogP contribution in [0.3, 0.4) is 0 Å². The molecule has 0 spiro atoms.